The van der Waals surface area contributed by atoms with E-state index in [0.29, 0.717) is 10.2 Å². The maximum atomic E-state index is 13.5. The SMILES string of the molecule is CCOC(=O)C1C(C(F)(F)F)C12C(=O)N(C)c1cccc(Br)c12. The molecule has 1 spiro atoms. The minimum Gasteiger partial charge on any atom is -0.466 e. The van der Waals surface area contributed by atoms with Gasteiger partial charge in [-0.3, -0.25) is 9.59 Å². The molecule has 0 saturated heterocycles. The Kier molecular flexibility index (Phi) is 3.51. The number of ether oxygens (including phenoxy) is 1. The lowest BCUT2D eigenvalue weighted by atomic mass is 9.93. The third-order valence-electron chi connectivity index (χ3n) is 4.52. The summed E-state index contributed by atoms with van der Waals surface area (Å²) >= 11 is 3.23. The largest absolute Gasteiger partial charge is 0.466 e. The molecular formula is C15H13BrF3NO3. The molecule has 0 radical (unpaired) electrons. The van der Waals surface area contributed by atoms with Crippen molar-refractivity contribution in [2.45, 2.75) is 18.5 Å². The number of carbonyl (C=O) groups is 2. The first-order chi connectivity index (χ1) is 10.7. The Morgan fingerprint density at radius 3 is 2.65 bits per heavy atom. The number of alkyl halides is 3. The van der Waals surface area contributed by atoms with E-state index in [1.807, 2.05) is 0 Å². The van der Waals surface area contributed by atoms with Crippen LogP contribution < -0.4 is 4.90 Å². The molecule has 1 fully saturated rings. The maximum absolute atomic E-state index is 13.5. The van der Waals surface area contributed by atoms with Crippen molar-refractivity contribution >= 4 is 33.5 Å². The van der Waals surface area contributed by atoms with E-state index in [0.717, 1.165) is 0 Å². The summed E-state index contributed by atoms with van der Waals surface area (Å²) in [5.74, 6) is -5.32. The number of anilines is 1. The summed E-state index contributed by atoms with van der Waals surface area (Å²) < 4.78 is 45.7. The van der Waals surface area contributed by atoms with Crippen LogP contribution in [0.4, 0.5) is 18.9 Å². The number of esters is 1. The summed E-state index contributed by atoms with van der Waals surface area (Å²) in [6.45, 7) is 1.48. The third-order valence-corrected chi connectivity index (χ3v) is 5.18. The van der Waals surface area contributed by atoms with E-state index in [1.165, 1.54) is 18.9 Å². The number of amides is 1. The highest BCUT2D eigenvalue weighted by atomic mass is 79.9. The van der Waals surface area contributed by atoms with Crippen molar-refractivity contribution < 1.29 is 27.5 Å². The number of likely N-dealkylation sites (N-methyl/N-ethyl adjacent to an activating group) is 1. The van der Waals surface area contributed by atoms with Crippen molar-refractivity contribution in [3.05, 3.63) is 28.2 Å². The van der Waals surface area contributed by atoms with Crippen molar-refractivity contribution in [2.24, 2.45) is 11.8 Å². The van der Waals surface area contributed by atoms with Crippen LogP contribution in [0.3, 0.4) is 0 Å². The normalized spacial score (nSPS) is 29.0. The van der Waals surface area contributed by atoms with Crippen LogP contribution in [0.1, 0.15) is 12.5 Å². The summed E-state index contributed by atoms with van der Waals surface area (Å²) in [7, 11) is 1.41. The molecule has 1 aromatic carbocycles. The number of carbonyl (C=O) groups excluding carboxylic acids is 2. The van der Waals surface area contributed by atoms with Crippen molar-refractivity contribution in [1.82, 2.24) is 0 Å². The minimum absolute atomic E-state index is 0.0389. The van der Waals surface area contributed by atoms with E-state index >= 15 is 0 Å². The van der Waals surface area contributed by atoms with E-state index in [9.17, 15) is 22.8 Å². The van der Waals surface area contributed by atoms with Gasteiger partial charge in [0, 0.05) is 22.8 Å². The number of nitrogens with zero attached hydrogens (tertiary/aromatic N) is 1. The smallest absolute Gasteiger partial charge is 0.394 e. The molecule has 3 rings (SSSR count). The number of rotatable bonds is 2. The standard InChI is InChI=1S/C15H13BrF3NO3/c1-3-23-12(21)10-11(15(17,18)19)14(10)9-7(16)5-4-6-8(9)20(2)13(14)22/h4-6,10-11H,3H2,1-2H3. The van der Waals surface area contributed by atoms with Crippen LogP contribution in [0.15, 0.2) is 22.7 Å². The second-order valence-corrected chi connectivity index (χ2v) is 6.47. The Bertz CT molecular complexity index is 706. The predicted molar refractivity (Wildman–Crippen MR) is 78.9 cm³/mol. The molecule has 0 N–H and O–H groups in total. The highest BCUT2D eigenvalue weighted by Crippen LogP contribution is 2.71. The fraction of sp³-hybridized carbons (Fsp3) is 0.467. The predicted octanol–water partition coefficient (Wildman–Crippen LogP) is 3.03. The number of fused-ring (bicyclic) bond motifs is 2. The van der Waals surface area contributed by atoms with Gasteiger partial charge in [-0.2, -0.15) is 13.2 Å². The van der Waals surface area contributed by atoms with E-state index < -0.39 is 35.3 Å². The summed E-state index contributed by atoms with van der Waals surface area (Å²) in [6.07, 6.45) is -4.68. The summed E-state index contributed by atoms with van der Waals surface area (Å²) in [4.78, 5) is 25.9. The van der Waals surface area contributed by atoms with Gasteiger partial charge in [0.2, 0.25) is 5.91 Å². The van der Waals surface area contributed by atoms with Crippen LogP contribution in [0, 0.1) is 11.8 Å². The first-order valence-corrected chi connectivity index (χ1v) is 7.78. The van der Waals surface area contributed by atoms with Crippen LogP contribution in [-0.4, -0.2) is 31.7 Å². The Hall–Kier alpha value is -1.57. The molecule has 4 nitrogen and oxygen atoms in total. The molecule has 1 heterocycles. The first-order valence-electron chi connectivity index (χ1n) is 6.99. The summed E-state index contributed by atoms with van der Waals surface area (Å²) in [6, 6.07) is 4.78. The van der Waals surface area contributed by atoms with Gasteiger partial charge in [0.15, 0.2) is 0 Å². The molecular weight excluding hydrogens is 379 g/mol. The molecule has 1 aromatic rings. The quantitative estimate of drug-likeness (QED) is 0.728. The molecule has 1 saturated carbocycles. The van der Waals surface area contributed by atoms with E-state index in [1.54, 1.807) is 18.2 Å². The van der Waals surface area contributed by atoms with E-state index in [-0.39, 0.29) is 12.2 Å². The zero-order valence-electron chi connectivity index (χ0n) is 12.3. The summed E-state index contributed by atoms with van der Waals surface area (Å²) in [5.41, 5.74) is -1.33. The fourth-order valence-corrected chi connectivity index (χ4v) is 4.35. The molecule has 124 valence electrons. The van der Waals surface area contributed by atoms with Crippen molar-refractivity contribution in [3.63, 3.8) is 0 Å². The second kappa shape index (κ2) is 4.96. The van der Waals surface area contributed by atoms with E-state index in [2.05, 4.69) is 15.9 Å². The lowest BCUT2D eigenvalue weighted by Gasteiger charge is -2.13. The third kappa shape index (κ3) is 1.96. The molecule has 8 heteroatoms. The molecule has 23 heavy (non-hydrogen) atoms. The zero-order chi connectivity index (χ0) is 17.2. The number of hydrogen-bond donors (Lipinski definition) is 0. The molecule has 3 unspecified atom stereocenters. The van der Waals surface area contributed by atoms with Crippen molar-refractivity contribution in [3.8, 4) is 0 Å². The van der Waals surface area contributed by atoms with Gasteiger partial charge in [0.1, 0.15) is 5.41 Å². The van der Waals surface area contributed by atoms with Gasteiger partial charge in [-0.15, -0.1) is 0 Å². The monoisotopic (exact) mass is 391 g/mol. The molecule has 2 aliphatic rings. The Morgan fingerprint density at radius 1 is 1.43 bits per heavy atom. The van der Waals surface area contributed by atoms with Crippen LogP contribution in [0.2, 0.25) is 0 Å². The topological polar surface area (TPSA) is 46.6 Å². The molecule has 0 bridgehead atoms. The van der Waals surface area contributed by atoms with Crippen LogP contribution >= 0.6 is 15.9 Å². The van der Waals surface area contributed by atoms with Crippen molar-refractivity contribution in [1.29, 1.82) is 0 Å². The average Bonchev–Trinajstić information content (AvgIpc) is 3.11. The summed E-state index contributed by atoms with van der Waals surface area (Å²) in [5, 5.41) is 0. The van der Waals surface area contributed by atoms with Gasteiger partial charge in [-0.05, 0) is 19.1 Å². The Morgan fingerprint density at radius 2 is 2.09 bits per heavy atom. The van der Waals surface area contributed by atoms with Gasteiger partial charge in [0.05, 0.1) is 18.4 Å². The van der Waals surface area contributed by atoms with Gasteiger partial charge >= 0.3 is 12.1 Å². The van der Waals surface area contributed by atoms with Crippen molar-refractivity contribution in [2.75, 3.05) is 18.6 Å². The number of benzene rings is 1. The van der Waals surface area contributed by atoms with Gasteiger partial charge < -0.3 is 9.64 Å². The second-order valence-electron chi connectivity index (χ2n) is 5.62. The molecule has 1 aliphatic carbocycles. The Balaban J connectivity index is 2.21. The minimum atomic E-state index is -4.68. The molecule has 1 aliphatic heterocycles. The highest BCUT2D eigenvalue weighted by molar-refractivity contribution is 9.10. The first kappa shape index (κ1) is 16.3. The van der Waals surface area contributed by atoms with Gasteiger partial charge in [-0.1, -0.05) is 22.0 Å². The highest BCUT2D eigenvalue weighted by Gasteiger charge is 2.85. The number of halogens is 4. The van der Waals surface area contributed by atoms with Gasteiger partial charge in [-0.25, -0.2) is 0 Å². The van der Waals surface area contributed by atoms with Gasteiger partial charge in [0.25, 0.3) is 0 Å². The van der Waals surface area contributed by atoms with Crippen LogP contribution in [0.25, 0.3) is 0 Å². The average molecular weight is 392 g/mol. The molecule has 3 atom stereocenters. The van der Waals surface area contributed by atoms with E-state index in [4.69, 9.17) is 4.74 Å². The number of hydrogen-bond acceptors (Lipinski definition) is 3. The van der Waals surface area contributed by atoms with Crippen LogP contribution in [-0.2, 0) is 19.7 Å². The Labute approximate surface area is 138 Å². The van der Waals surface area contributed by atoms with Crippen LogP contribution in [0.5, 0.6) is 0 Å². The molecule has 1 amide bonds. The molecule has 0 aromatic heterocycles. The maximum Gasteiger partial charge on any atom is 0.394 e. The zero-order valence-corrected chi connectivity index (χ0v) is 13.9. The lowest BCUT2D eigenvalue weighted by molar-refractivity contribution is -0.164. The lowest BCUT2D eigenvalue weighted by Crippen LogP contribution is -2.33. The fourth-order valence-electron chi connectivity index (χ4n) is 3.66.